The van der Waals surface area contributed by atoms with Gasteiger partial charge in [-0.15, -0.1) is 0 Å². The molecule has 1 amide bonds. The van der Waals surface area contributed by atoms with Crippen molar-refractivity contribution in [2.45, 2.75) is 270 Å². The van der Waals surface area contributed by atoms with Crippen molar-refractivity contribution in [1.29, 1.82) is 0 Å². The van der Waals surface area contributed by atoms with Crippen molar-refractivity contribution in [3.05, 3.63) is 97.2 Å². The predicted molar refractivity (Wildman–Crippen MR) is 285 cm³/mol. The van der Waals surface area contributed by atoms with Crippen LogP contribution >= 0.6 is 0 Å². The van der Waals surface area contributed by atoms with Gasteiger partial charge in [0.1, 0.15) is 0 Å². The Hall–Kier alpha value is -2.69. The Morgan fingerprint density at radius 2 is 0.703 bits per heavy atom. The summed E-state index contributed by atoms with van der Waals surface area (Å²) in [4.78, 5) is 12.5. The van der Waals surface area contributed by atoms with Crippen LogP contribution in [0.5, 0.6) is 0 Å². The van der Waals surface area contributed by atoms with Crippen molar-refractivity contribution in [2.24, 2.45) is 0 Å². The van der Waals surface area contributed by atoms with Gasteiger partial charge >= 0.3 is 0 Å². The molecule has 0 saturated heterocycles. The zero-order valence-electron chi connectivity index (χ0n) is 42.3. The summed E-state index contributed by atoms with van der Waals surface area (Å²) in [6.07, 6.45) is 81.3. The van der Waals surface area contributed by atoms with Crippen molar-refractivity contribution < 1.29 is 15.0 Å². The average molecular weight is 889 g/mol. The molecule has 4 heteroatoms. The minimum absolute atomic E-state index is 0.0916. The van der Waals surface area contributed by atoms with Gasteiger partial charge in [-0.1, -0.05) is 259 Å². The summed E-state index contributed by atoms with van der Waals surface area (Å²) < 4.78 is 0. The molecule has 0 heterocycles. The fourth-order valence-electron chi connectivity index (χ4n) is 7.88. The maximum Gasteiger partial charge on any atom is 0.220 e. The summed E-state index contributed by atoms with van der Waals surface area (Å²) in [5.74, 6) is -0.0916. The van der Waals surface area contributed by atoms with Crippen LogP contribution in [0.15, 0.2) is 97.2 Å². The van der Waals surface area contributed by atoms with E-state index in [-0.39, 0.29) is 12.5 Å². The molecule has 4 nitrogen and oxygen atoms in total. The lowest BCUT2D eigenvalue weighted by molar-refractivity contribution is -0.123. The van der Waals surface area contributed by atoms with Gasteiger partial charge in [0.15, 0.2) is 0 Å². The fourth-order valence-corrected chi connectivity index (χ4v) is 7.88. The first-order valence-corrected chi connectivity index (χ1v) is 27.5. The first-order chi connectivity index (χ1) is 31.7. The molecule has 0 spiro atoms. The zero-order valence-corrected chi connectivity index (χ0v) is 42.3. The molecule has 0 bridgehead atoms. The normalized spacial score (nSPS) is 13.6. The predicted octanol–water partition coefficient (Wildman–Crippen LogP) is 18.1. The number of hydrogen-bond acceptors (Lipinski definition) is 3. The summed E-state index contributed by atoms with van der Waals surface area (Å²) in [5, 5.41) is 23.1. The lowest BCUT2D eigenvalue weighted by Gasteiger charge is -2.19. The summed E-state index contributed by atoms with van der Waals surface area (Å²) in [6.45, 7) is 4.19. The smallest absolute Gasteiger partial charge is 0.220 e. The summed E-state index contributed by atoms with van der Waals surface area (Å²) in [6, 6.07) is -0.659. The van der Waals surface area contributed by atoms with Gasteiger partial charge in [-0.3, -0.25) is 4.79 Å². The van der Waals surface area contributed by atoms with E-state index in [2.05, 4.69) is 104 Å². The van der Waals surface area contributed by atoms with Crippen LogP contribution in [0.1, 0.15) is 258 Å². The van der Waals surface area contributed by atoms with Gasteiger partial charge in [0.2, 0.25) is 5.91 Å². The van der Waals surface area contributed by atoms with E-state index >= 15 is 0 Å². The number of amides is 1. The third kappa shape index (κ3) is 50.3. The third-order valence-corrected chi connectivity index (χ3v) is 12.0. The molecular formula is C60H105NO3. The van der Waals surface area contributed by atoms with E-state index in [1.165, 1.54) is 154 Å². The number of rotatable bonds is 49. The van der Waals surface area contributed by atoms with Gasteiger partial charge in [0.05, 0.1) is 18.8 Å². The Labute approximate surface area is 398 Å². The van der Waals surface area contributed by atoms with E-state index in [1.807, 2.05) is 6.08 Å². The van der Waals surface area contributed by atoms with E-state index in [9.17, 15) is 15.0 Å². The minimum Gasteiger partial charge on any atom is -0.394 e. The number of unbranched alkanes of at least 4 members (excludes halogenated alkanes) is 28. The standard InChI is InChI=1S/C60H105NO3/c1-3-5-7-9-11-13-15-17-19-21-23-25-27-28-29-30-31-32-34-35-37-39-41-43-45-47-49-51-53-55-59(63)58(57-62)61-60(64)56-54-52-50-48-46-44-42-40-38-36-33-26-24-22-20-18-16-14-12-10-8-6-4-2/h6,8,12,14,18,20,24,26,36-39,45,47,53,55,58-59,62-63H,3-5,7,9-11,13,15-17,19,21-23,25,27-35,40-44,46,48-52,54,56-57H2,1-2H3,(H,61,64)/b8-6-,14-12-,20-18-,26-24-,38-36-,39-37+,47-45+,55-53+. The van der Waals surface area contributed by atoms with E-state index in [0.717, 1.165) is 83.5 Å². The number of allylic oxidation sites excluding steroid dienone is 15. The van der Waals surface area contributed by atoms with Gasteiger partial charge in [-0.25, -0.2) is 0 Å². The second-order valence-corrected chi connectivity index (χ2v) is 18.2. The van der Waals surface area contributed by atoms with Crippen molar-refractivity contribution in [2.75, 3.05) is 6.61 Å². The molecule has 0 saturated carbocycles. The molecule has 0 aliphatic rings. The Bertz CT molecular complexity index is 1190. The second-order valence-electron chi connectivity index (χ2n) is 18.2. The molecular weight excluding hydrogens is 783 g/mol. The number of aliphatic hydroxyl groups excluding tert-OH is 2. The number of hydrogen-bond donors (Lipinski definition) is 3. The number of carbonyl (C=O) groups excluding carboxylic acids is 1. The van der Waals surface area contributed by atoms with E-state index in [0.29, 0.717) is 6.42 Å². The maximum atomic E-state index is 12.5. The Morgan fingerprint density at radius 1 is 0.391 bits per heavy atom. The van der Waals surface area contributed by atoms with E-state index < -0.39 is 12.1 Å². The van der Waals surface area contributed by atoms with Gasteiger partial charge in [0, 0.05) is 6.42 Å². The van der Waals surface area contributed by atoms with Gasteiger partial charge in [-0.05, 0) is 89.9 Å². The molecule has 0 rings (SSSR count). The molecule has 0 aliphatic heterocycles. The molecule has 0 aromatic heterocycles. The van der Waals surface area contributed by atoms with Crippen LogP contribution in [0.3, 0.4) is 0 Å². The third-order valence-electron chi connectivity index (χ3n) is 12.0. The van der Waals surface area contributed by atoms with Crippen LogP contribution in [0.4, 0.5) is 0 Å². The molecule has 0 fully saturated rings. The topological polar surface area (TPSA) is 69.6 Å². The summed E-state index contributed by atoms with van der Waals surface area (Å²) in [7, 11) is 0. The van der Waals surface area contributed by atoms with Crippen LogP contribution < -0.4 is 5.32 Å². The van der Waals surface area contributed by atoms with Gasteiger partial charge in [0.25, 0.3) is 0 Å². The highest BCUT2D eigenvalue weighted by Gasteiger charge is 2.17. The molecule has 0 aliphatic carbocycles. The molecule has 0 aromatic carbocycles. The Kier molecular flexibility index (Phi) is 52.3. The fraction of sp³-hybridized carbons (Fsp3) is 0.717. The van der Waals surface area contributed by atoms with Crippen LogP contribution in [-0.2, 0) is 4.79 Å². The summed E-state index contributed by atoms with van der Waals surface area (Å²) >= 11 is 0. The van der Waals surface area contributed by atoms with Crippen molar-refractivity contribution in [3.8, 4) is 0 Å². The maximum absolute atomic E-state index is 12.5. The van der Waals surface area contributed by atoms with Crippen molar-refractivity contribution >= 4 is 5.91 Å². The van der Waals surface area contributed by atoms with Crippen LogP contribution in [0.2, 0.25) is 0 Å². The molecule has 2 unspecified atom stereocenters. The molecule has 2 atom stereocenters. The Morgan fingerprint density at radius 3 is 1.09 bits per heavy atom. The minimum atomic E-state index is -0.883. The Balaban J connectivity index is 3.62. The molecule has 0 aromatic rings. The number of carbonyl (C=O) groups is 1. The number of nitrogens with one attached hydrogen (secondary N) is 1. The lowest BCUT2D eigenvalue weighted by atomic mass is 10.0. The quantitative estimate of drug-likeness (QED) is 0.0421. The van der Waals surface area contributed by atoms with E-state index in [4.69, 9.17) is 0 Å². The highest BCUT2D eigenvalue weighted by Crippen LogP contribution is 2.16. The molecule has 368 valence electrons. The van der Waals surface area contributed by atoms with Gasteiger partial charge < -0.3 is 15.5 Å². The molecule has 3 N–H and O–H groups in total. The van der Waals surface area contributed by atoms with Crippen LogP contribution in [0, 0.1) is 0 Å². The highest BCUT2D eigenvalue weighted by atomic mass is 16.3. The second kappa shape index (κ2) is 54.6. The first kappa shape index (κ1) is 61.3. The SMILES string of the molecule is CC/C=C\C/C=C\C/C=C\C/C=C\C/C=C\CCCCCCCCCC(=O)NC(CO)C(O)/C=C/CC/C=C/CC/C=C/CCCCCCCCCCCCCCCCCCCCC. The van der Waals surface area contributed by atoms with Crippen LogP contribution in [-0.4, -0.2) is 34.9 Å². The number of aliphatic hydroxyl groups is 2. The zero-order chi connectivity index (χ0) is 46.3. The summed E-state index contributed by atoms with van der Waals surface area (Å²) in [5.41, 5.74) is 0. The first-order valence-electron chi connectivity index (χ1n) is 27.5. The van der Waals surface area contributed by atoms with Gasteiger partial charge in [-0.2, -0.15) is 0 Å². The lowest BCUT2D eigenvalue weighted by Crippen LogP contribution is -2.45. The van der Waals surface area contributed by atoms with E-state index in [1.54, 1.807) is 6.08 Å². The van der Waals surface area contributed by atoms with Crippen molar-refractivity contribution in [3.63, 3.8) is 0 Å². The van der Waals surface area contributed by atoms with Crippen molar-refractivity contribution in [1.82, 2.24) is 5.32 Å². The molecule has 64 heavy (non-hydrogen) atoms. The highest BCUT2D eigenvalue weighted by molar-refractivity contribution is 5.76. The average Bonchev–Trinajstić information content (AvgIpc) is 3.30. The van der Waals surface area contributed by atoms with Crippen LogP contribution in [0.25, 0.3) is 0 Å². The monoisotopic (exact) mass is 888 g/mol. The largest absolute Gasteiger partial charge is 0.394 e. The molecule has 0 radical (unpaired) electrons.